The van der Waals surface area contributed by atoms with Gasteiger partial charge in [-0.05, 0) is 44.6 Å². The van der Waals surface area contributed by atoms with Crippen molar-refractivity contribution in [2.45, 2.75) is 134 Å². The van der Waals surface area contributed by atoms with Gasteiger partial charge in [0.1, 0.15) is 0 Å². The van der Waals surface area contributed by atoms with Gasteiger partial charge >= 0.3 is 8.72 Å². The highest BCUT2D eigenvalue weighted by atomic mass is 28.4. The molecule has 26 heavy (non-hydrogen) atoms. The summed E-state index contributed by atoms with van der Waals surface area (Å²) < 4.78 is 0. The molecule has 3 aliphatic rings. The molecule has 0 aromatic carbocycles. The largest absolute Gasteiger partial charge is 0.366 e. The van der Waals surface area contributed by atoms with Crippen molar-refractivity contribution in [3.8, 4) is 0 Å². The van der Waals surface area contributed by atoms with Gasteiger partial charge < -0.3 is 0 Å². The molecule has 3 fully saturated rings. The molecule has 0 amide bonds. The van der Waals surface area contributed by atoms with Crippen molar-refractivity contribution in [3.63, 3.8) is 0 Å². The van der Waals surface area contributed by atoms with Crippen molar-refractivity contribution in [1.82, 2.24) is 19.9 Å². The first-order chi connectivity index (χ1) is 12.7. The summed E-state index contributed by atoms with van der Waals surface area (Å²) >= 11 is 0. The maximum absolute atomic E-state index is 4.20. The third-order valence-electron chi connectivity index (χ3n) is 6.58. The van der Waals surface area contributed by atoms with Crippen LogP contribution >= 0.6 is 0 Å². The molecule has 3 saturated carbocycles. The Balaban J connectivity index is 1.73. The van der Waals surface area contributed by atoms with Crippen LogP contribution in [0.25, 0.3) is 0 Å². The van der Waals surface area contributed by atoms with Gasteiger partial charge in [-0.3, -0.25) is 19.9 Å². The summed E-state index contributed by atoms with van der Waals surface area (Å²) in [5.41, 5.74) is 0. The van der Waals surface area contributed by atoms with Gasteiger partial charge in [-0.1, -0.05) is 71.6 Å². The molecule has 4 N–H and O–H groups in total. The second-order valence-electron chi connectivity index (χ2n) is 9.49. The zero-order valence-electron chi connectivity index (χ0n) is 17.4. The van der Waals surface area contributed by atoms with E-state index in [4.69, 9.17) is 0 Å². The average Bonchev–Trinajstić information content (AvgIpc) is 2.63. The van der Waals surface area contributed by atoms with Crippen LogP contribution in [0.15, 0.2) is 0 Å². The Morgan fingerprint density at radius 3 is 1.12 bits per heavy atom. The number of rotatable bonds is 8. The molecule has 0 unspecified atom stereocenters. The molecule has 5 heteroatoms. The average molecular weight is 381 g/mol. The van der Waals surface area contributed by atoms with Crippen molar-refractivity contribution in [2.24, 2.45) is 0 Å². The van der Waals surface area contributed by atoms with E-state index in [-0.39, 0.29) is 0 Å². The fraction of sp³-hybridized carbons (Fsp3) is 1.00. The van der Waals surface area contributed by atoms with Crippen LogP contribution in [0.4, 0.5) is 0 Å². The Bertz CT molecular complexity index is 335. The van der Waals surface area contributed by atoms with Crippen LogP contribution in [0, 0.1) is 0 Å². The minimum Gasteiger partial charge on any atom is -0.298 e. The highest BCUT2D eigenvalue weighted by Gasteiger charge is 2.42. The Kier molecular flexibility index (Phi) is 8.44. The highest BCUT2D eigenvalue weighted by Crippen LogP contribution is 2.23. The molecule has 3 rings (SSSR count). The van der Waals surface area contributed by atoms with Crippen LogP contribution in [0.2, 0.25) is 0 Å². The van der Waals surface area contributed by atoms with E-state index in [1.165, 1.54) is 96.3 Å². The topological polar surface area (TPSA) is 48.1 Å². The van der Waals surface area contributed by atoms with Gasteiger partial charge in [0.25, 0.3) is 0 Å². The monoisotopic (exact) mass is 380 g/mol. The summed E-state index contributed by atoms with van der Waals surface area (Å²) in [6, 6.07) is 2.57. The molecule has 4 nitrogen and oxygen atoms in total. The van der Waals surface area contributed by atoms with E-state index in [1.807, 2.05) is 0 Å². The lowest BCUT2D eigenvalue weighted by Crippen LogP contribution is -2.85. The fourth-order valence-corrected chi connectivity index (χ4v) is 9.41. The van der Waals surface area contributed by atoms with Gasteiger partial charge in [-0.15, -0.1) is 0 Å². The molecule has 0 atom stereocenters. The number of hydrogen-bond acceptors (Lipinski definition) is 4. The second kappa shape index (κ2) is 10.6. The van der Waals surface area contributed by atoms with Crippen molar-refractivity contribution in [1.29, 1.82) is 0 Å². The quantitative estimate of drug-likeness (QED) is 0.477. The van der Waals surface area contributed by atoms with Crippen molar-refractivity contribution < 1.29 is 0 Å². The van der Waals surface area contributed by atoms with Crippen molar-refractivity contribution >= 4 is 8.72 Å². The van der Waals surface area contributed by atoms with Crippen LogP contribution in [0.5, 0.6) is 0 Å². The molecule has 3 aliphatic carbocycles. The summed E-state index contributed by atoms with van der Waals surface area (Å²) in [6.45, 7) is 4.63. The Hall–Kier alpha value is 0.0569. The maximum Gasteiger partial charge on any atom is 0.366 e. The minimum absolute atomic E-state index is 0.505. The first-order valence-electron chi connectivity index (χ1n) is 11.8. The molecular weight excluding hydrogens is 336 g/mol. The summed E-state index contributed by atoms with van der Waals surface area (Å²) in [4.78, 5) is 16.6. The van der Waals surface area contributed by atoms with Crippen LogP contribution < -0.4 is 19.9 Å². The maximum atomic E-state index is 4.20. The lowest BCUT2D eigenvalue weighted by Gasteiger charge is -2.44. The second-order valence-corrected chi connectivity index (χ2v) is 12.1. The molecule has 0 spiro atoms. The lowest BCUT2D eigenvalue weighted by molar-refractivity contribution is 0.357. The zero-order valence-corrected chi connectivity index (χ0v) is 18.4. The summed E-state index contributed by atoms with van der Waals surface area (Å²) in [6.07, 6.45) is 20.8. The lowest BCUT2D eigenvalue weighted by atomic mass is 9.96. The zero-order chi connectivity index (χ0) is 18.2. The molecule has 152 valence electrons. The van der Waals surface area contributed by atoms with Crippen molar-refractivity contribution in [2.75, 3.05) is 0 Å². The van der Waals surface area contributed by atoms with Crippen LogP contribution in [0.1, 0.15) is 110 Å². The smallest absolute Gasteiger partial charge is 0.298 e. The Morgan fingerprint density at radius 1 is 0.538 bits per heavy atom. The fourth-order valence-electron chi connectivity index (χ4n) is 5.34. The minimum atomic E-state index is -2.12. The van der Waals surface area contributed by atoms with Crippen LogP contribution in [0.3, 0.4) is 0 Å². The van der Waals surface area contributed by atoms with E-state index in [9.17, 15) is 0 Å². The van der Waals surface area contributed by atoms with Crippen LogP contribution in [-0.2, 0) is 0 Å². The molecule has 0 bridgehead atoms. The van der Waals surface area contributed by atoms with Gasteiger partial charge in [-0.25, -0.2) is 0 Å². The van der Waals surface area contributed by atoms with E-state index in [1.54, 1.807) is 0 Å². The molecule has 0 aromatic heterocycles. The predicted octanol–water partition coefficient (Wildman–Crippen LogP) is 4.19. The third-order valence-corrected chi connectivity index (χ3v) is 10.1. The Labute approximate surface area is 163 Å². The number of hydrogen-bond donors (Lipinski definition) is 4. The van der Waals surface area contributed by atoms with Gasteiger partial charge in [0.05, 0.1) is 0 Å². The van der Waals surface area contributed by atoms with Gasteiger partial charge in [-0.2, -0.15) is 0 Å². The molecule has 0 saturated heterocycles. The Morgan fingerprint density at radius 2 is 0.846 bits per heavy atom. The standard InChI is InChI=1S/C21H44N4Si/c1-18(2)22-26(23-19-12-6-3-7-13-19,24-20-14-8-4-9-15-20)25-21-16-10-5-11-17-21/h18-25H,3-17H2,1-2H3. The first-order valence-corrected chi connectivity index (χ1v) is 13.8. The molecule has 0 heterocycles. The normalized spacial score (nSPS) is 25.0. The summed E-state index contributed by atoms with van der Waals surface area (Å²) in [5.74, 6) is 0. The molecule has 0 radical (unpaired) electrons. The predicted molar refractivity (Wildman–Crippen MR) is 114 cm³/mol. The highest BCUT2D eigenvalue weighted by molar-refractivity contribution is 6.70. The van der Waals surface area contributed by atoms with E-state index >= 15 is 0 Å². The third kappa shape index (κ3) is 6.59. The van der Waals surface area contributed by atoms with E-state index in [2.05, 4.69) is 33.8 Å². The summed E-state index contributed by atoms with van der Waals surface area (Å²) in [5, 5.41) is 0. The number of nitrogens with one attached hydrogen (secondary N) is 4. The van der Waals surface area contributed by atoms with E-state index in [0.717, 1.165) is 0 Å². The van der Waals surface area contributed by atoms with Gasteiger partial charge in [0, 0.05) is 18.1 Å². The van der Waals surface area contributed by atoms with Crippen molar-refractivity contribution in [3.05, 3.63) is 0 Å². The van der Waals surface area contributed by atoms with E-state index < -0.39 is 8.72 Å². The molecule has 0 aliphatic heterocycles. The molecular formula is C21H44N4Si. The van der Waals surface area contributed by atoms with Crippen LogP contribution in [-0.4, -0.2) is 32.9 Å². The molecule has 0 aromatic rings. The first kappa shape index (κ1) is 20.8. The summed E-state index contributed by atoms with van der Waals surface area (Å²) in [7, 11) is -2.12. The SMILES string of the molecule is CC(C)N[Si](NC1CCCCC1)(NC1CCCCC1)NC1CCCCC1. The van der Waals surface area contributed by atoms with Gasteiger partial charge in [0.2, 0.25) is 0 Å². The van der Waals surface area contributed by atoms with Gasteiger partial charge in [0.15, 0.2) is 0 Å². The van der Waals surface area contributed by atoms with E-state index in [0.29, 0.717) is 24.2 Å².